The smallest absolute Gasteiger partial charge is 0.256 e. The molecule has 1 saturated heterocycles. The quantitative estimate of drug-likeness (QED) is 0.878. The van der Waals surface area contributed by atoms with Crippen molar-refractivity contribution in [3.63, 3.8) is 0 Å². The highest BCUT2D eigenvalue weighted by Crippen LogP contribution is 2.21. The van der Waals surface area contributed by atoms with Crippen LogP contribution < -0.4 is 5.56 Å². The number of H-pyrrole nitrogens is 1. The van der Waals surface area contributed by atoms with Gasteiger partial charge < -0.3 is 4.98 Å². The Bertz CT molecular complexity index is 624. The summed E-state index contributed by atoms with van der Waals surface area (Å²) in [5, 5.41) is 1.91. The number of fused-ring (bicyclic) bond motifs is 1. The first-order valence-electron chi connectivity index (χ1n) is 6.58. The van der Waals surface area contributed by atoms with Gasteiger partial charge in [0.05, 0.1) is 0 Å². The SMILES string of the molecule is Cc1[nH]c(=O)c2ccccc2c1CN1CCCC1. The Morgan fingerprint density at radius 2 is 1.83 bits per heavy atom. The molecule has 0 bridgehead atoms. The van der Waals surface area contributed by atoms with Crippen molar-refractivity contribution in [1.82, 2.24) is 9.88 Å². The van der Waals surface area contributed by atoms with Gasteiger partial charge in [-0.1, -0.05) is 18.2 Å². The highest BCUT2D eigenvalue weighted by Gasteiger charge is 2.15. The molecule has 3 rings (SSSR count). The second-order valence-electron chi connectivity index (χ2n) is 5.09. The Kier molecular flexibility index (Phi) is 2.92. The van der Waals surface area contributed by atoms with Crippen LogP contribution in [0.25, 0.3) is 10.8 Å². The molecule has 2 heterocycles. The molecule has 0 aliphatic carbocycles. The summed E-state index contributed by atoms with van der Waals surface area (Å²) in [5.41, 5.74) is 2.30. The lowest BCUT2D eigenvalue weighted by atomic mass is 10.0. The number of likely N-dealkylation sites (tertiary alicyclic amines) is 1. The molecule has 3 nitrogen and oxygen atoms in total. The first kappa shape index (κ1) is 11.5. The summed E-state index contributed by atoms with van der Waals surface area (Å²) in [5.74, 6) is 0. The third-order valence-electron chi connectivity index (χ3n) is 3.83. The van der Waals surface area contributed by atoms with E-state index in [4.69, 9.17) is 0 Å². The molecule has 1 N–H and O–H groups in total. The summed E-state index contributed by atoms with van der Waals surface area (Å²) < 4.78 is 0. The molecule has 1 aliphatic heterocycles. The van der Waals surface area contributed by atoms with Gasteiger partial charge in [-0.3, -0.25) is 9.69 Å². The summed E-state index contributed by atoms with van der Waals surface area (Å²) in [6.45, 7) is 5.29. The van der Waals surface area contributed by atoms with Crippen LogP contribution in [0.15, 0.2) is 29.1 Å². The van der Waals surface area contributed by atoms with Crippen LogP contribution >= 0.6 is 0 Å². The zero-order chi connectivity index (χ0) is 12.5. The van der Waals surface area contributed by atoms with Gasteiger partial charge in [0.1, 0.15) is 0 Å². The van der Waals surface area contributed by atoms with E-state index >= 15 is 0 Å². The van der Waals surface area contributed by atoms with E-state index in [1.807, 2.05) is 25.1 Å². The van der Waals surface area contributed by atoms with E-state index in [0.717, 1.165) is 23.0 Å². The summed E-state index contributed by atoms with van der Waals surface area (Å²) in [7, 11) is 0. The van der Waals surface area contributed by atoms with Gasteiger partial charge in [-0.15, -0.1) is 0 Å². The van der Waals surface area contributed by atoms with Crippen LogP contribution in [0.3, 0.4) is 0 Å². The van der Waals surface area contributed by atoms with Crippen molar-refractivity contribution in [3.8, 4) is 0 Å². The fraction of sp³-hybridized carbons (Fsp3) is 0.400. The molecule has 0 atom stereocenters. The Hall–Kier alpha value is -1.61. The molecule has 3 heteroatoms. The topological polar surface area (TPSA) is 36.1 Å². The van der Waals surface area contributed by atoms with E-state index in [-0.39, 0.29) is 5.56 Å². The highest BCUT2D eigenvalue weighted by molar-refractivity contribution is 5.85. The molecular weight excluding hydrogens is 224 g/mol. The Labute approximate surface area is 106 Å². The van der Waals surface area contributed by atoms with Crippen LogP contribution in [0.2, 0.25) is 0 Å². The Balaban J connectivity index is 2.12. The minimum Gasteiger partial charge on any atom is -0.326 e. The number of rotatable bonds is 2. The lowest BCUT2D eigenvalue weighted by Gasteiger charge is -2.17. The Morgan fingerprint density at radius 3 is 2.56 bits per heavy atom. The number of aromatic nitrogens is 1. The maximum Gasteiger partial charge on any atom is 0.256 e. The van der Waals surface area contributed by atoms with E-state index < -0.39 is 0 Å². The number of nitrogens with zero attached hydrogens (tertiary/aromatic N) is 1. The molecule has 0 amide bonds. The lowest BCUT2D eigenvalue weighted by molar-refractivity contribution is 0.331. The van der Waals surface area contributed by atoms with Gasteiger partial charge in [0.25, 0.3) is 5.56 Å². The van der Waals surface area contributed by atoms with E-state index in [1.54, 1.807) is 0 Å². The summed E-state index contributed by atoms with van der Waals surface area (Å²) in [4.78, 5) is 17.4. The second kappa shape index (κ2) is 4.58. The van der Waals surface area contributed by atoms with Gasteiger partial charge in [-0.05, 0) is 49.9 Å². The first-order chi connectivity index (χ1) is 8.75. The summed E-state index contributed by atoms with van der Waals surface area (Å²) >= 11 is 0. The molecule has 1 aromatic carbocycles. The van der Waals surface area contributed by atoms with E-state index in [9.17, 15) is 4.79 Å². The fourth-order valence-corrected chi connectivity index (χ4v) is 2.83. The van der Waals surface area contributed by atoms with Crippen LogP contribution in [0.4, 0.5) is 0 Å². The van der Waals surface area contributed by atoms with Gasteiger partial charge >= 0.3 is 0 Å². The van der Waals surface area contributed by atoms with Gasteiger partial charge in [-0.2, -0.15) is 0 Å². The average Bonchev–Trinajstić information content (AvgIpc) is 2.87. The van der Waals surface area contributed by atoms with Crippen molar-refractivity contribution in [3.05, 3.63) is 45.9 Å². The van der Waals surface area contributed by atoms with E-state index in [2.05, 4.69) is 16.0 Å². The Morgan fingerprint density at radius 1 is 1.17 bits per heavy atom. The van der Waals surface area contributed by atoms with E-state index in [0.29, 0.717) is 0 Å². The zero-order valence-corrected chi connectivity index (χ0v) is 10.7. The van der Waals surface area contributed by atoms with Crippen molar-refractivity contribution in [2.24, 2.45) is 0 Å². The predicted molar refractivity (Wildman–Crippen MR) is 73.8 cm³/mol. The molecule has 0 radical (unpaired) electrons. The van der Waals surface area contributed by atoms with Crippen molar-refractivity contribution in [2.75, 3.05) is 13.1 Å². The van der Waals surface area contributed by atoms with Crippen molar-refractivity contribution in [1.29, 1.82) is 0 Å². The molecule has 0 unspecified atom stereocenters. The minimum absolute atomic E-state index is 0.0215. The molecule has 0 saturated carbocycles. The third kappa shape index (κ3) is 1.95. The van der Waals surface area contributed by atoms with Crippen LogP contribution in [0, 0.1) is 6.92 Å². The third-order valence-corrected chi connectivity index (χ3v) is 3.83. The van der Waals surface area contributed by atoms with Crippen molar-refractivity contribution < 1.29 is 0 Å². The summed E-state index contributed by atoms with van der Waals surface area (Å²) in [6.07, 6.45) is 2.58. The van der Waals surface area contributed by atoms with Gasteiger partial charge in [0.2, 0.25) is 0 Å². The minimum atomic E-state index is 0.0215. The highest BCUT2D eigenvalue weighted by atomic mass is 16.1. The van der Waals surface area contributed by atoms with Crippen LogP contribution in [-0.4, -0.2) is 23.0 Å². The number of nitrogens with one attached hydrogen (secondary N) is 1. The van der Waals surface area contributed by atoms with Crippen molar-refractivity contribution in [2.45, 2.75) is 26.3 Å². The number of hydrogen-bond donors (Lipinski definition) is 1. The molecule has 0 spiro atoms. The maximum atomic E-state index is 11.9. The van der Waals surface area contributed by atoms with Crippen molar-refractivity contribution >= 4 is 10.8 Å². The molecular formula is C15H18N2O. The molecule has 1 fully saturated rings. The van der Waals surface area contributed by atoms with E-state index in [1.165, 1.54) is 31.5 Å². The number of aromatic amines is 1. The molecule has 2 aromatic rings. The number of benzene rings is 1. The second-order valence-corrected chi connectivity index (χ2v) is 5.09. The van der Waals surface area contributed by atoms with Crippen LogP contribution in [0.5, 0.6) is 0 Å². The number of aryl methyl sites for hydroxylation is 1. The standard InChI is InChI=1S/C15H18N2O/c1-11-14(10-17-8-4-5-9-17)12-6-2-3-7-13(12)15(18)16-11/h2-3,6-7H,4-5,8-10H2,1H3,(H,16,18). The molecule has 94 valence electrons. The number of pyridine rings is 1. The maximum absolute atomic E-state index is 11.9. The summed E-state index contributed by atoms with van der Waals surface area (Å²) in [6, 6.07) is 7.89. The number of hydrogen-bond acceptors (Lipinski definition) is 2. The fourth-order valence-electron chi connectivity index (χ4n) is 2.83. The first-order valence-corrected chi connectivity index (χ1v) is 6.58. The van der Waals surface area contributed by atoms with Gasteiger partial charge in [-0.25, -0.2) is 0 Å². The molecule has 1 aliphatic rings. The normalized spacial score (nSPS) is 16.5. The molecule has 18 heavy (non-hydrogen) atoms. The van der Waals surface area contributed by atoms with Gasteiger partial charge in [0.15, 0.2) is 0 Å². The predicted octanol–water partition coefficient (Wildman–Crippen LogP) is 2.43. The van der Waals surface area contributed by atoms with Crippen LogP contribution in [-0.2, 0) is 6.54 Å². The lowest BCUT2D eigenvalue weighted by Crippen LogP contribution is -2.21. The van der Waals surface area contributed by atoms with Crippen LogP contribution in [0.1, 0.15) is 24.1 Å². The largest absolute Gasteiger partial charge is 0.326 e. The average molecular weight is 242 g/mol. The molecule has 1 aromatic heterocycles. The van der Waals surface area contributed by atoms with Gasteiger partial charge in [0, 0.05) is 17.6 Å². The zero-order valence-electron chi connectivity index (χ0n) is 10.7. The monoisotopic (exact) mass is 242 g/mol.